The van der Waals surface area contributed by atoms with Crippen molar-refractivity contribution >= 4 is 53.5 Å². The lowest BCUT2D eigenvalue weighted by molar-refractivity contribution is -0.249. The summed E-state index contributed by atoms with van der Waals surface area (Å²) in [5, 5.41) is 21.0. The highest BCUT2D eigenvalue weighted by atomic mass is 16.7. The fraction of sp³-hybridized carbons (Fsp3) is 0.458. The van der Waals surface area contributed by atoms with Gasteiger partial charge in [-0.2, -0.15) is 0 Å². The van der Waals surface area contributed by atoms with Crippen molar-refractivity contribution in [3.63, 3.8) is 0 Å². The summed E-state index contributed by atoms with van der Waals surface area (Å²) in [6, 6.07) is 17.3. The number of carbonyl (C=O) groups excluding carboxylic acids is 8. The van der Waals surface area contributed by atoms with Gasteiger partial charge in [0.25, 0.3) is 0 Å². The van der Waals surface area contributed by atoms with Crippen molar-refractivity contribution in [2.75, 3.05) is 25.6 Å². The van der Waals surface area contributed by atoms with E-state index in [1.165, 1.54) is 6.07 Å². The molecule has 0 radical (unpaired) electrons. The number of amides is 5. The van der Waals surface area contributed by atoms with E-state index in [1.54, 1.807) is 26.0 Å². The number of hydrogen-bond donors (Lipinski definition) is 6. The van der Waals surface area contributed by atoms with Gasteiger partial charge in [0.05, 0.1) is 19.8 Å². The number of alkyl carbamates (subject to hydrolysis) is 1. The van der Waals surface area contributed by atoms with Gasteiger partial charge in [0, 0.05) is 38.9 Å². The number of urea groups is 1. The highest BCUT2D eigenvalue weighted by Gasteiger charge is 2.54. The van der Waals surface area contributed by atoms with Crippen molar-refractivity contribution < 1.29 is 71.9 Å². The number of aliphatic hydroxyl groups is 1. The first-order chi connectivity index (χ1) is 32.4. The van der Waals surface area contributed by atoms with Crippen LogP contribution in [0, 0.1) is 5.92 Å². The van der Waals surface area contributed by atoms with Gasteiger partial charge in [-0.15, -0.1) is 0 Å². The third-order valence-electron chi connectivity index (χ3n) is 11.5. The zero-order chi connectivity index (χ0) is 49.7. The summed E-state index contributed by atoms with van der Waals surface area (Å²) in [6.07, 6.45) is -7.70. The maximum Gasteiger partial charge on any atom is 0.407 e. The summed E-state index contributed by atoms with van der Waals surface area (Å²) in [6.45, 7) is 6.38. The number of rotatable bonds is 20. The zero-order valence-electron chi connectivity index (χ0n) is 38.7. The van der Waals surface area contributed by atoms with Crippen LogP contribution in [0.1, 0.15) is 82.1 Å². The smallest absolute Gasteiger partial charge is 0.407 e. The third-order valence-corrected chi connectivity index (χ3v) is 11.5. The largest absolute Gasteiger partial charge is 0.467 e. The molecule has 0 saturated carbocycles. The Labute approximate surface area is 393 Å². The number of primary amides is 1. The van der Waals surface area contributed by atoms with Gasteiger partial charge in [-0.05, 0) is 77.1 Å². The minimum atomic E-state index is -1.59. The summed E-state index contributed by atoms with van der Waals surface area (Å²) in [5.74, 6) is -5.41. The Morgan fingerprint density at radius 3 is 1.94 bits per heavy atom. The van der Waals surface area contributed by atoms with Crippen LogP contribution in [0.2, 0.25) is 0 Å². The first kappa shape index (κ1) is 51.9. The molecule has 366 valence electrons. The molecule has 5 rings (SSSR count). The van der Waals surface area contributed by atoms with Crippen molar-refractivity contribution in [3.05, 3.63) is 89.0 Å². The summed E-state index contributed by atoms with van der Waals surface area (Å²) in [7, 11) is 1.08. The highest BCUT2D eigenvalue weighted by molar-refractivity contribution is 5.98. The van der Waals surface area contributed by atoms with Crippen LogP contribution in [0.5, 0.6) is 0 Å². The molecule has 3 aromatic carbocycles. The van der Waals surface area contributed by atoms with E-state index in [4.69, 9.17) is 34.2 Å². The predicted octanol–water partition coefficient (Wildman–Crippen LogP) is 3.28. The van der Waals surface area contributed by atoms with Gasteiger partial charge in [0.2, 0.25) is 11.8 Å². The Bertz CT molecular complexity index is 2290. The molecular formula is C48H59N5O15. The Balaban J connectivity index is 1.31. The van der Waals surface area contributed by atoms with Gasteiger partial charge in [-0.1, -0.05) is 68.4 Å². The van der Waals surface area contributed by atoms with Gasteiger partial charge in [-0.25, -0.2) is 14.4 Å². The van der Waals surface area contributed by atoms with Gasteiger partial charge in [0.1, 0.15) is 18.7 Å². The fourth-order valence-electron chi connectivity index (χ4n) is 8.40. The summed E-state index contributed by atoms with van der Waals surface area (Å²) in [4.78, 5) is 102. The third kappa shape index (κ3) is 13.5. The second-order valence-electron chi connectivity index (χ2n) is 16.7. The van der Waals surface area contributed by atoms with E-state index in [-0.39, 0.29) is 50.4 Å². The SMILES string of the molecule is COC(=O)[C@H]1O[C@@H](CCc2cc(NC(=O)[C@H](CCCNC(N)=O)NC(=O)[C@@H](NC(=O)OCC3c4ccccc4-c4ccccc43)C(C)C)ccc2CO)[C@H](OC(C)=O)[C@@H](OC(C)=O)[C@@H]1OC(C)=O. The molecule has 1 fully saturated rings. The molecule has 5 amide bonds. The number of esters is 4. The van der Waals surface area contributed by atoms with Gasteiger partial charge >= 0.3 is 36.0 Å². The molecule has 0 aromatic heterocycles. The first-order valence-corrected chi connectivity index (χ1v) is 22.2. The fourth-order valence-corrected chi connectivity index (χ4v) is 8.40. The maximum absolute atomic E-state index is 14.0. The predicted molar refractivity (Wildman–Crippen MR) is 242 cm³/mol. The second kappa shape index (κ2) is 24.1. The quantitative estimate of drug-likeness (QED) is 0.0539. The molecular weight excluding hydrogens is 887 g/mol. The summed E-state index contributed by atoms with van der Waals surface area (Å²) >= 11 is 0. The molecule has 7 atom stereocenters. The van der Waals surface area contributed by atoms with Crippen molar-refractivity contribution in [1.82, 2.24) is 16.0 Å². The Morgan fingerprint density at radius 1 is 0.765 bits per heavy atom. The second-order valence-corrected chi connectivity index (χ2v) is 16.7. The average Bonchev–Trinajstić information content (AvgIpc) is 3.61. The minimum Gasteiger partial charge on any atom is -0.467 e. The Hall–Kier alpha value is -7.06. The molecule has 0 spiro atoms. The van der Waals surface area contributed by atoms with Crippen LogP contribution in [0.15, 0.2) is 66.7 Å². The van der Waals surface area contributed by atoms with Gasteiger partial charge in [-0.3, -0.25) is 24.0 Å². The number of anilines is 1. The number of aliphatic hydroxyl groups excluding tert-OH is 1. The standard InChI is InChI=1S/C48H59N5O15/c1-25(2)39(53-48(62)64-24-36-34-14-9-7-12-32(34)33-13-8-10-15-35(33)36)45(59)52-37(16-11-21-50-47(49)61)44(58)51-31-19-17-30(23-54)29(22-31)18-20-38-40(65-26(3)55)41(66-27(4)56)42(67-28(5)57)43(68-38)46(60)63-6/h7-10,12-15,17,19,22,25,36-43,54H,11,16,18,20-21,23-24H2,1-6H3,(H,51,58)(H,52,59)(H,53,62)(H3,49,50,61)/t37-,38-,39-,40-,41+,42-,43-/m0/s1. The Kier molecular flexibility index (Phi) is 18.4. The van der Waals surface area contributed by atoms with Crippen LogP contribution >= 0.6 is 0 Å². The number of nitrogens with two attached hydrogens (primary N) is 1. The van der Waals surface area contributed by atoms with Gasteiger partial charge in [0.15, 0.2) is 24.4 Å². The number of nitrogens with one attached hydrogen (secondary N) is 4. The average molecular weight is 946 g/mol. The number of hydrogen-bond acceptors (Lipinski definition) is 15. The molecule has 1 aliphatic carbocycles. The number of benzene rings is 3. The van der Waals surface area contributed by atoms with E-state index < -0.39 is 103 Å². The molecule has 7 N–H and O–H groups in total. The normalized spacial score (nSPS) is 19.2. The van der Waals surface area contributed by atoms with Gasteiger partial charge < -0.3 is 60.5 Å². The van der Waals surface area contributed by atoms with E-state index in [0.717, 1.165) is 50.1 Å². The van der Waals surface area contributed by atoms with E-state index in [2.05, 4.69) is 21.3 Å². The zero-order valence-corrected chi connectivity index (χ0v) is 38.7. The number of methoxy groups -OCH3 is 1. The lowest BCUT2D eigenvalue weighted by Crippen LogP contribution is -2.63. The summed E-state index contributed by atoms with van der Waals surface area (Å²) in [5.41, 5.74) is 10.5. The van der Waals surface area contributed by atoms with E-state index >= 15 is 0 Å². The first-order valence-electron chi connectivity index (χ1n) is 22.2. The van der Waals surface area contributed by atoms with Crippen LogP contribution in [-0.2, 0) is 70.2 Å². The van der Waals surface area contributed by atoms with Crippen LogP contribution in [-0.4, -0.2) is 116 Å². The van der Waals surface area contributed by atoms with E-state index in [1.807, 2.05) is 48.5 Å². The lowest BCUT2D eigenvalue weighted by Gasteiger charge is -2.43. The molecule has 68 heavy (non-hydrogen) atoms. The number of carbonyl (C=O) groups is 8. The molecule has 0 unspecified atom stereocenters. The molecule has 1 aliphatic heterocycles. The molecule has 1 heterocycles. The van der Waals surface area contributed by atoms with Crippen molar-refractivity contribution in [2.45, 2.75) is 115 Å². The molecule has 2 aliphatic rings. The molecule has 3 aromatic rings. The lowest BCUT2D eigenvalue weighted by atomic mass is 9.90. The summed E-state index contributed by atoms with van der Waals surface area (Å²) < 4.78 is 33.0. The molecule has 1 saturated heterocycles. The van der Waals surface area contributed by atoms with Crippen LogP contribution in [0.4, 0.5) is 15.3 Å². The molecule has 20 heteroatoms. The van der Waals surface area contributed by atoms with Crippen LogP contribution < -0.4 is 27.0 Å². The van der Waals surface area contributed by atoms with E-state index in [9.17, 15) is 43.5 Å². The monoisotopic (exact) mass is 945 g/mol. The topological polar surface area (TPSA) is 286 Å². The van der Waals surface area contributed by atoms with Crippen molar-refractivity contribution in [3.8, 4) is 11.1 Å². The maximum atomic E-state index is 14.0. The van der Waals surface area contributed by atoms with Crippen molar-refractivity contribution in [1.29, 1.82) is 0 Å². The minimum absolute atomic E-state index is 0.0149. The highest BCUT2D eigenvalue weighted by Crippen LogP contribution is 2.44. The van der Waals surface area contributed by atoms with Crippen LogP contribution in [0.3, 0.4) is 0 Å². The van der Waals surface area contributed by atoms with Crippen LogP contribution in [0.25, 0.3) is 11.1 Å². The number of ether oxygens (including phenoxy) is 6. The number of aryl methyl sites for hydroxylation is 1. The number of fused-ring (bicyclic) bond motifs is 3. The molecule has 0 bridgehead atoms. The molecule has 20 nitrogen and oxygen atoms in total. The van der Waals surface area contributed by atoms with Crippen molar-refractivity contribution in [2.24, 2.45) is 11.7 Å². The van der Waals surface area contributed by atoms with E-state index in [0.29, 0.717) is 11.1 Å². The Morgan fingerprint density at radius 2 is 1.37 bits per heavy atom.